The van der Waals surface area contributed by atoms with Gasteiger partial charge in [0.25, 0.3) is 5.56 Å². The lowest BCUT2D eigenvalue weighted by molar-refractivity contribution is -0.385. The Balaban J connectivity index is 1.45. The monoisotopic (exact) mass is 592 g/mol. The van der Waals surface area contributed by atoms with Gasteiger partial charge in [-0.3, -0.25) is 14.9 Å². The Labute approximate surface area is 250 Å². The quantitative estimate of drug-likeness (QED) is 0.169. The number of rotatable bonds is 7. The topological polar surface area (TPSA) is 117 Å². The molecule has 3 aromatic carbocycles. The second-order valence-electron chi connectivity index (χ2n) is 11.0. The Morgan fingerprint density at radius 1 is 1.00 bits per heavy atom. The Kier molecular flexibility index (Phi) is 7.10. The molecule has 0 atom stereocenters. The van der Waals surface area contributed by atoms with Crippen LogP contribution < -0.4 is 14.8 Å². The first kappa shape index (κ1) is 28.0. The van der Waals surface area contributed by atoms with E-state index in [1.165, 1.54) is 27.5 Å². The van der Waals surface area contributed by atoms with Crippen LogP contribution in [0.1, 0.15) is 38.8 Å². The van der Waals surface area contributed by atoms with E-state index in [1.807, 2.05) is 42.5 Å². The zero-order chi connectivity index (χ0) is 30.3. The van der Waals surface area contributed by atoms with E-state index < -0.39 is 4.92 Å². The van der Waals surface area contributed by atoms with Crippen LogP contribution >= 0.6 is 11.3 Å². The van der Waals surface area contributed by atoms with Gasteiger partial charge >= 0.3 is 5.69 Å². The maximum absolute atomic E-state index is 13.5. The van der Waals surface area contributed by atoms with Crippen LogP contribution in [-0.2, 0) is 5.41 Å². The van der Waals surface area contributed by atoms with E-state index in [1.54, 1.807) is 36.0 Å². The molecule has 0 aliphatic rings. The number of hydrogen-bond acceptors (Lipinski definition) is 8. The fourth-order valence-electron chi connectivity index (χ4n) is 4.73. The molecule has 43 heavy (non-hydrogen) atoms. The van der Waals surface area contributed by atoms with E-state index in [4.69, 9.17) is 9.84 Å². The van der Waals surface area contributed by atoms with Gasteiger partial charge < -0.3 is 4.74 Å². The number of benzene rings is 3. The minimum atomic E-state index is -0.476. The van der Waals surface area contributed by atoms with Gasteiger partial charge in [-0.2, -0.15) is 14.6 Å². The van der Waals surface area contributed by atoms with Crippen LogP contribution in [0.5, 0.6) is 5.75 Å². The Morgan fingerprint density at radius 2 is 1.72 bits per heavy atom. The lowest BCUT2D eigenvalue weighted by Crippen LogP contribution is -2.23. The van der Waals surface area contributed by atoms with E-state index in [2.05, 4.69) is 43.0 Å². The van der Waals surface area contributed by atoms with E-state index in [9.17, 15) is 14.9 Å². The summed E-state index contributed by atoms with van der Waals surface area (Å²) in [6.45, 7) is 8.53. The molecule has 0 saturated heterocycles. The first-order chi connectivity index (χ1) is 20.6. The van der Waals surface area contributed by atoms with Gasteiger partial charge in [0.15, 0.2) is 11.6 Å². The normalized spacial score (nSPS) is 12.2. The van der Waals surface area contributed by atoms with Crippen molar-refractivity contribution >= 4 is 28.1 Å². The summed E-state index contributed by atoms with van der Waals surface area (Å²) >= 11 is 1.22. The van der Waals surface area contributed by atoms with Crippen molar-refractivity contribution in [3.8, 4) is 34.1 Å². The summed E-state index contributed by atoms with van der Waals surface area (Å²) in [6, 6.07) is 22.3. The van der Waals surface area contributed by atoms with Gasteiger partial charge in [0, 0.05) is 29.0 Å². The van der Waals surface area contributed by atoms with Crippen LogP contribution in [0, 0.1) is 10.1 Å². The highest BCUT2D eigenvalue weighted by Gasteiger charge is 2.21. The van der Waals surface area contributed by atoms with Crippen molar-refractivity contribution < 1.29 is 9.66 Å². The number of thiazole rings is 1. The molecule has 0 N–H and O–H groups in total. The molecule has 6 rings (SSSR count). The molecule has 0 aliphatic carbocycles. The van der Waals surface area contributed by atoms with Crippen LogP contribution in [0.3, 0.4) is 0 Å². The summed E-state index contributed by atoms with van der Waals surface area (Å²) in [7, 11) is 0. The number of ether oxygens (including phenoxy) is 1. The zero-order valence-electron chi connectivity index (χ0n) is 24.0. The van der Waals surface area contributed by atoms with Gasteiger partial charge in [0.05, 0.1) is 21.7 Å². The van der Waals surface area contributed by atoms with E-state index in [0.717, 1.165) is 11.3 Å². The number of hydrogen-bond donors (Lipinski definition) is 0. The maximum Gasteiger partial charge on any atom is 0.311 e. The molecule has 0 spiro atoms. The van der Waals surface area contributed by atoms with Crippen molar-refractivity contribution in [2.75, 3.05) is 6.61 Å². The predicted octanol–water partition coefficient (Wildman–Crippen LogP) is 5.82. The summed E-state index contributed by atoms with van der Waals surface area (Å²) in [5.41, 5.74) is 4.00. The molecular formula is C32H28N6O4S. The van der Waals surface area contributed by atoms with Crippen molar-refractivity contribution in [3.63, 3.8) is 0 Å². The fraction of sp³-hybridized carbons (Fsp3) is 0.188. The maximum atomic E-state index is 13.5. The molecule has 3 aromatic heterocycles. The van der Waals surface area contributed by atoms with Crippen LogP contribution in [0.4, 0.5) is 5.69 Å². The molecule has 216 valence electrons. The van der Waals surface area contributed by atoms with Crippen molar-refractivity contribution in [2.45, 2.75) is 33.1 Å². The first-order valence-electron chi connectivity index (χ1n) is 13.7. The Morgan fingerprint density at radius 3 is 2.37 bits per heavy atom. The molecule has 10 nitrogen and oxygen atoms in total. The highest BCUT2D eigenvalue weighted by molar-refractivity contribution is 7.15. The third-order valence-corrected chi connectivity index (χ3v) is 7.93. The third-order valence-electron chi connectivity index (χ3n) is 6.97. The van der Waals surface area contributed by atoms with E-state index in [-0.39, 0.29) is 22.4 Å². The second kappa shape index (κ2) is 10.9. The SMILES string of the molecule is CCOc1ccc(-c2nn(-c3ccccc3)cc2C=c2sc3nc(-c4ccc(C(C)(C)C)cc4)nn3c2=O)cc1[N+](=O)[O-]. The van der Waals surface area contributed by atoms with Crippen molar-refractivity contribution in [2.24, 2.45) is 0 Å². The molecule has 11 heteroatoms. The third kappa shape index (κ3) is 5.42. The molecule has 0 saturated carbocycles. The number of fused-ring (bicyclic) bond motifs is 1. The summed E-state index contributed by atoms with van der Waals surface area (Å²) in [5, 5.41) is 21.1. The minimum Gasteiger partial charge on any atom is -0.487 e. The number of nitro groups is 1. The largest absolute Gasteiger partial charge is 0.487 e. The van der Waals surface area contributed by atoms with Crippen molar-refractivity contribution in [3.05, 3.63) is 115 Å². The van der Waals surface area contributed by atoms with Gasteiger partial charge in [-0.1, -0.05) is 74.6 Å². The van der Waals surface area contributed by atoms with Crippen LogP contribution in [0.25, 0.3) is 39.4 Å². The van der Waals surface area contributed by atoms with Gasteiger partial charge in [-0.15, -0.1) is 5.10 Å². The molecular weight excluding hydrogens is 564 g/mol. The first-order valence-corrected chi connectivity index (χ1v) is 14.5. The van der Waals surface area contributed by atoms with Gasteiger partial charge in [0.1, 0.15) is 5.69 Å². The molecule has 0 aliphatic heterocycles. The van der Waals surface area contributed by atoms with Crippen molar-refractivity contribution in [1.82, 2.24) is 24.4 Å². The lowest BCUT2D eigenvalue weighted by Gasteiger charge is -2.18. The zero-order valence-corrected chi connectivity index (χ0v) is 24.8. The summed E-state index contributed by atoms with van der Waals surface area (Å²) in [5.74, 6) is 0.662. The summed E-state index contributed by atoms with van der Waals surface area (Å²) < 4.78 is 8.87. The average Bonchev–Trinajstić information content (AvgIpc) is 3.68. The summed E-state index contributed by atoms with van der Waals surface area (Å²) in [4.78, 5) is 29.9. The molecule has 0 fully saturated rings. The van der Waals surface area contributed by atoms with Crippen LogP contribution in [0.15, 0.2) is 83.8 Å². The Hall–Kier alpha value is -5.16. The minimum absolute atomic E-state index is 0.0246. The summed E-state index contributed by atoms with van der Waals surface area (Å²) in [6.07, 6.45) is 3.52. The van der Waals surface area contributed by atoms with Crippen LogP contribution in [-0.4, -0.2) is 35.9 Å². The Bertz CT molecular complexity index is 2070. The van der Waals surface area contributed by atoms with Gasteiger partial charge in [-0.25, -0.2) is 4.68 Å². The smallest absolute Gasteiger partial charge is 0.311 e. The molecule has 0 radical (unpaired) electrons. The standard InChI is InChI=1S/C32H28N6O4S/c1-5-42-26-16-13-21(17-25(26)38(40)41)28-22(19-36(34-28)24-9-7-6-8-10-24)18-27-30(39)37-31(43-27)33-29(35-37)20-11-14-23(15-12-20)32(2,3)4/h6-19H,5H2,1-4H3. The number of nitro benzene ring substituents is 1. The fourth-order valence-corrected chi connectivity index (χ4v) is 5.63. The van der Waals surface area contributed by atoms with E-state index in [0.29, 0.717) is 38.7 Å². The van der Waals surface area contributed by atoms with Gasteiger partial charge in [-0.05, 0) is 48.2 Å². The van der Waals surface area contributed by atoms with Crippen molar-refractivity contribution in [1.29, 1.82) is 0 Å². The predicted molar refractivity (Wildman–Crippen MR) is 167 cm³/mol. The van der Waals surface area contributed by atoms with E-state index >= 15 is 0 Å². The molecule has 3 heterocycles. The van der Waals surface area contributed by atoms with Crippen LogP contribution in [0.2, 0.25) is 0 Å². The number of aromatic nitrogens is 5. The van der Waals surface area contributed by atoms with Gasteiger partial charge in [0.2, 0.25) is 4.96 Å². The molecule has 6 aromatic rings. The number of nitrogens with zero attached hydrogens (tertiary/aromatic N) is 6. The average molecular weight is 593 g/mol. The second-order valence-corrected chi connectivity index (χ2v) is 12.0. The highest BCUT2D eigenvalue weighted by atomic mass is 32.1. The highest BCUT2D eigenvalue weighted by Crippen LogP contribution is 2.34. The number of para-hydroxylation sites is 1. The molecule has 0 bridgehead atoms. The molecule has 0 amide bonds. The lowest BCUT2D eigenvalue weighted by atomic mass is 9.87. The molecule has 0 unspecified atom stereocenters.